The summed E-state index contributed by atoms with van der Waals surface area (Å²) < 4.78 is 17.3. The lowest BCUT2D eigenvalue weighted by Gasteiger charge is -2.23. The summed E-state index contributed by atoms with van der Waals surface area (Å²) in [7, 11) is 0. The van der Waals surface area contributed by atoms with Gasteiger partial charge in [-0.25, -0.2) is 0 Å². The average molecular weight is 479 g/mol. The summed E-state index contributed by atoms with van der Waals surface area (Å²) in [4.78, 5) is 28.8. The van der Waals surface area contributed by atoms with Crippen molar-refractivity contribution < 1.29 is 18.5 Å². The quantitative estimate of drug-likeness (QED) is 0.321. The van der Waals surface area contributed by atoms with Crippen LogP contribution < -0.4 is 15.1 Å². The maximum atomic E-state index is 13.8. The molecule has 0 fully saturated rings. The Hall–Kier alpha value is -4.65. The zero-order valence-electron chi connectivity index (χ0n) is 19.7. The van der Waals surface area contributed by atoms with Crippen LogP contribution in [-0.4, -0.2) is 11.1 Å². The molecule has 0 unspecified atom stereocenters. The number of hydrogen-bond acceptors (Lipinski definition) is 6. The monoisotopic (exact) mass is 478 g/mol. The van der Waals surface area contributed by atoms with E-state index in [0.717, 1.165) is 11.1 Å². The SMILES string of the molecule is Cc1ccc2oc3c(c(=O)c2c1)[C@@H](c1cccc(OCc2ccccc2)c1)N(c1cc(C)on1)C3=O. The Balaban J connectivity index is 1.49. The molecule has 178 valence electrons. The second-order valence-corrected chi connectivity index (χ2v) is 8.89. The van der Waals surface area contributed by atoms with Crippen LogP contribution in [-0.2, 0) is 6.61 Å². The Bertz CT molecular complexity index is 1670. The van der Waals surface area contributed by atoms with Crippen molar-refractivity contribution in [1.29, 1.82) is 0 Å². The Kier molecular flexibility index (Phi) is 5.18. The van der Waals surface area contributed by atoms with Gasteiger partial charge in [-0.1, -0.05) is 59.3 Å². The van der Waals surface area contributed by atoms with Crippen molar-refractivity contribution in [2.75, 3.05) is 4.90 Å². The number of hydrogen-bond donors (Lipinski definition) is 0. The fourth-order valence-corrected chi connectivity index (χ4v) is 4.62. The molecule has 1 atom stereocenters. The van der Waals surface area contributed by atoms with Crippen LogP contribution in [0.5, 0.6) is 5.75 Å². The number of rotatable bonds is 5. The van der Waals surface area contributed by atoms with Crippen molar-refractivity contribution in [3.63, 3.8) is 0 Å². The first-order valence-electron chi connectivity index (χ1n) is 11.6. The molecule has 0 aliphatic carbocycles. The van der Waals surface area contributed by atoms with Gasteiger partial charge in [0.05, 0.1) is 17.0 Å². The number of fused-ring (bicyclic) bond motifs is 2. The fraction of sp³-hybridized carbons (Fsp3) is 0.138. The van der Waals surface area contributed by atoms with E-state index in [1.807, 2.05) is 67.6 Å². The molecule has 1 aliphatic heterocycles. The third kappa shape index (κ3) is 3.65. The summed E-state index contributed by atoms with van der Waals surface area (Å²) in [6, 6.07) is 23.5. The van der Waals surface area contributed by atoms with E-state index < -0.39 is 11.9 Å². The number of anilines is 1. The summed E-state index contributed by atoms with van der Waals surface area (Å²) >= 11 is 0. The topological polar surface area (TPSA) is 85.8 Å². The maximum absolute atomic E-state index is 13.8. The lowest BCUT2D eigenvalue weighted by molar-refractivity contribution is 0.0969. The first-order chi connectivity index (χ1) is 17.5. The van der Waals surface area contributed by atoms with E-state index in [4.69, 9.17) is 13.7 Å². The highest BCUT2D eigenvalue weighted by Crippen LogP contribution is 2.41. The smallest absolute Gasteiger partial charge is 0.296 e. The molecule has 36 heavy (non-hydrogen) atoms. The van der Waals surface area contributed by atoms with E-state index in [-0.39, 0.29) is 16.8 Å². The van der Waals surface area contributed by atoms with E-state index in [2.05, 4.69) is 5.16 Å². The minimum atomic E-state index is -0.751. The minimum absolute atomic E-state index is 0.0117. The van der Waals surface area contributed by atoms with Crippen molar-refractivity contribution in [3.05, 3.63) is 123 Å². The molecule has 0 saturated carbocycles. The number of aryl methyl sites for hydroxylation is 2. The van der Waals surface area contributed by atoms with Crippen LogP contribution in [0.15, 0.2) is 92.6 Å². The molecule has 0 spiro atoms. The van der Waals surface area contributed by atoms with Crippen LogP contribution >= 0.6 is 0 Å². The number of aromatic nitrogens is 1. The maximum Gasteiger partial charge on any atom is 0.296 e. The normalized spacial score (nSPS) is 14.9. The molecule has 7 heteroatoms. The number of carbonyl (C=O) groups excluding carboxylic acids is 1. The molecule has 3 heterocycles. The predicted molar refractivity (Wildman–Crippen MR) is 134 cm³/mol. The number of carbonyl (C=O) groups is 1. The third-order valence-corrected chi connectivity index (χ3v) is 6.31. The van der Waals surface area contributed by atoms with Gasteiger partial charge in [-0.2, -0.15) is 0 Å². The molecule has 0 saturated heterocycles. The van der Waals surface area contributed by atoms with Gasteiger partial charge in [-0.05, 0) is 49.2 Å². The lowest BCUT2D eigenvalue weighted by atomic mass is 9.98. The van der Waals surface area contributed by atoms with Crippen LogP contribution in [0.3, 0.4) is 0 Å². The van der Waals surface area contributed by atoms with E-state index in [0.29, 0.717) is 40.5 Å². The highest BCUT2D eigenvalue weighted by Gasteiger charge is 2.45. The number of amides is 1. The summed E-state index contributed by atoms with van der Waals surface area (Å²) in [6.07, 6.45) is 0. The van der Waals surface area contributed by atoms with E-state index >= 15 is 0 Å². The second kappa shape index (κ2) is 8.53. The second-order valence-electron chi connectivity index (χ2n) is 8.89. The molecule has 2 aromatic heterocycles. The van der Waals surface area contributed by atoms with Gasteiger partial charge in [0.2, 0.25) is 5.76 Å². The zero-order chi connectivity index (χ0) is 24.8. The Morgan fingerprint density at radius 2 is 1.78 bits per heavy atom. The van der Waals surface area contributed by atoms with Gasteiger partial charge in [0.1, 0.15) is 23.7 Å². The van der Waals surface area contributed by atoms with Crippen molar-refractivity contribution in [2.45, 2.75) is 26.5 Å². The van der Waals surface area contributed by atoms with Crippen molar-refractivity contribution in [3.8, 4) is 5.75 Å². The third-order valence-electron chi connectivity index (χ3n) is 6.31. The molecule has 0 bridgehead atoms. The summed E-state index contributed by atoms with van der Waals surface area (Å²) in [6.45, 7) is 4.05. The Morgan fingerprint density at radius 3 is 2.56 bits per heavy atom. The minimum Gasteiger partial charge on any atom is -0.489 e. The molecule has 1 amide bonds. The van der Waals surface area contributed by atoms with Crippen LogP contribution in [0.2, 0.25) is 0 Å². The van der Waals surface area contributed by atoms with Gasteiger partial charge < -0.3 is 13.7 Å². The van der Waals surface area contributed by atoms with Crippen LogP contribution in [0.25, 0.3) is 11.0 Å². The van der Waals surface area contributed by atoms with Crippen LogP contribution in [0.1, 0.15) is 44.6 Å². The average Bonchev–Trinajstić information content (AvgIpc) is 3.45. The first kappa shape index (κ1) is 21.9. The largest absolute Gasteiger partial charge is 0.489 e. The summed E-state index contributed by atoms with van der Waals surface area (Å²) in [5.74, 6) is 1.04. The molecule has 1 aliphatic rings. The summed E-state index contributed by atoms with van der Waals surface area (Å²) in [5, 5.41) is 4.51. The molecule has 0 N–H and O–H groups in total. The van der Waals surface area contributed by atoms with Crippen molar-refractivity contribution >= 4 is 22.7 Å². The number of nitrogens with zero attached hydrogens (tertiary/aromatic N) is 2. The van der Waals surface area contributed by atoms with Gasteiger partial charge in [-0.3, -0.25) is 14.5 Å². The Morgan fingerprint density at radius 1 is 0.944 bits per heavy atom. The van der Waals surface area contributed by atoms with Crippen molar-refractivity contribution in [1.82, 2.24) is 5.16 Å². The highest BCUT2D eigenvalue weighted by molar-refractivity contribution is 6.10. The fourth-order valence-electron chi connectivity index (χ4n) is 4.62. The zero-order valence-corrected chi connectivity index (χ0v) is 19.7. The van der Waals surface area contributed by atoms with Crippen LogP contribution in [0, 0.1) is 13.8 Å². The lowest BCUT2D eigenvalue weighted by Crippen LogP contribution is -2.29. The molecule has 7 nitrogen and oxygen atoms in total. The van der Waals surface area contributed by atoms with Crippen molar-refractivity contribution in [2.24, 2.45) is 0 Å². The molecule has 0 radical (unpaired) electrons. The predicted octanol–water partition coefficient (Wildman–Crippen LogP) is 5.73. The van der Waals surface area contributed by atoms with Crippen LogP contribution in [0.4, 0.5) is 5.82 Å². The summed E-state index contributed by atoms with van der Waals surface area (Å²) in [5.41, 5.74) is 3.06. The first-order valence-corrected chi connectivity index (χ1v) is 11.6. The molecule has 5 aromatic rings. The Labute approximate surface area is 206 Å². The van der Waals surface area contributed by atoms with Gasteiger partial charge >= 0.3 is 0 Å². The number of benzene rings is 3. The standard InChI is InChI=1S/C29H22N2O5/c1-17-11-12-23-22(13-17)27(32)25-26(31(29(33)28(25)35-23)24-14-18(2)36-30-24)20-9-6-10-21(15-20)34-16-19-7-4-3-5-8-19/h3-15,26H,16H2,1-2H3/t26-/m1/s1. The van der Waals surface area contributed by atoms with E-state index in [9.17, 15) is 9.59 Å². The van der Waals surface area contributed by atoms with E-state index in [1.165, 1.54) is 4.90 Å². The molecular formula is C29H22N2O5. The van der Waals surface area contributed by atoms with E-state index in [1.54, 1.807) is 25.1 Å². The highest BCUT2D eigenvalue weighted by atomic mass is 16.5. The van der Waals surface area contributed by atoms with Gasteiger partial charge in [-0.15, -0.1) is 0 Å². The number of ether oxygens (including phenoxy) is 1. The molecule has 3 aromatic carbocycles. The molecule has 6 rings (SSSR count). The molecular weight excluding hydrogens is 456 g/mol. The van der Waals surface area contributed by atoms with Gasteiger partial charge in [0.15, 0.2) is 11.2 Å². The van der Waals surface area contributed by atoms with Gasteiger partial charge in [0, 0.05) is 6.07 Å². The van der Waals surface area contributed by atoms with Gasteiger partial charge in [0.25, 0.3) is 5.91 Å².